The fourth-order valence-corrected chi connectivity index (χ4v) is 1.68. The summed E-state index contributed by atoms with van der Waals surface area (Å²) in [6.45, 7) is 7.20. The first-order valence-corrected chi connectivity index (χ1v) is 5.34. The summed E-state index contributed by atoms with van der Waals surface area (Å²) < 4.78 is 0. The van der Waals surface area contributed by atoms with Crippen LogP contribution in [0.1, 0.15) is 20.3 Å². The minimum absolute atomic E-state index is 0.0684. The van der Waals surface area contributed by atoms with Crippen LogP contribution in [-0.4, -0.2) is 43.0 Å². The van der Waals surface area contributed by atoms with Crippen LogP contribution in [-0.2, 0) is 4.79 Å². The lowest BCUT2D eigenvalue weighted by Crippen LogP contribution is -2.38. The highest BCUT2D eigenvalue weighted by atomic mass is 16.2. The Morgan fingerprint density at radius 2 is 2.36 bits per heavy atom. The second-order valence-electron chi connectivity index (χ2n) is 4.33. The molecule has 82 valence electrons. The first-order valence-electron chi connectivity index (χ1n) is 5.34. The van der Waals surface area contributed by atoms with Gasteiger partial charge in [-0.2, -0.15) is 0 Å². The summed E-state index contributed by atoms with van der Waals surface area (Å²) in [6.07, 6.45) is 1.05. The van der Waals surface area contributed by atoms with Gasteiger partial charge in [-0.15, -0.1) is 0 Å². The van der Waals surface area contributed by atoms with E-state index >= 15 is 0 Å². The van der Waals surface area contributed by atoms with Crippen molar-refractivity contribution in [2.45, 2.75) is 26.3 Å². The van der Waals surface area contributed by atoms with Crippen molar-refractivity contribution in [1.29, 1.82) is 0 Å². The van der Waals surface area contributed by atoms with Crippen LogP contribution in [0.5, 0.6) is 0 Å². The van der Waals surface area contributed by atoms with Crippen molar-refractivity contribution in [3.8, 4) is 0 Å². The molecule has 0 aromatic heterocycles. The molecule has 0 bridgehead atoms. The van der Waals surface area contributed by atoms with Crippen molar-refractivity contribution < 1.29 is 4.79 Å². The van der Waals surface area contributed by atoms with Crippen LogP contribution in [0.15, 0.2) is 0 Å². The van der Waals surface area contributed by atoms with Crippen LogP contribution in [0.25, 0.3) is 0 Å². The minimum Gasteiger partial charge on any atom is -0.340 e. The fourth-order valence-electron chi connectivity index (χ4n) is 1.68. The predicted molar refractivity (Wildman–Crippen MR) is 56.9 cm³/mol. The van der Waals surface area contributed by atoms with Crippen molar-refractivity contribution in [2.24, 2.45) is 11.7 Å². The summed E-state index contributed by atoms with van der Waals surface area (Å²) in [5.41, 5.74) is 5.31. The molecule has 0 spiro atoms. The number of amides is 1. The second kappa shape index (κ2) is 5.32. The summed E-state index contributed by atoms with van der Waals surface area (Å²) in [6, 6.07) is 0.466. The zero-order valence-corrected chi connectivity index (χ0v) is 9.12. The predicted octanol–water partition coefficient (Wildman–Crippen LogP) is -0.208. The molecule has 0 aromatic carbocycles. The lowest BCUT2D eigenvalue weighted by Gasteiger charge is -2.16. The number of hydrogen-bond donors (Lipinski definition) is 2. The van der Waals surface area contributed by atoms with Gasteiger partial charge in [-0.05, 0) is 18.9 Å². The monoisotopic (exact) mass is 199 g/mol. The summed E-state index contributed by atoms with van der Waals surface area (Å²) in [7, 11) is 0. The smallest absolute Gasteiger partial charge is 0.236 e. The standard InChI is InChI=1S/C10H21N3O/c1-8(2)6-12-9-3-4-13(7-9)10(14)5-11/h8-9,12H,3-7,11H2,1-2H3/t9-/m1/s1. The molecule has 3 N–H and O–H groups in total. The topological polar surface area (TPSA) is 58.4 Å². The number of hydrogen-bond acceptors (Lipinski definition) is 3. The SMILES string of the molecule is CC(C)CN[C@@H]1CCN(C(=O)CN)C1. The number of nitrogens with two attached hydrogens (primary N) is 1. The third-order valence-electron chi connectivity index (χ3n) is 2.53. The van der Waals surface area contributed by atoms with Crippen LogP contribution in [0.3, 0.4) is 0 Å². The zero-order valence-electron chi connectivity index (χ0n) is 9.12. The van der Waals surface area contributed by atoms with Gasteiger partial charge in [0.2, 0.25) is 5.91 Å². The van der Waals surface area contributed by atoms with Gasteiger partial charge in [-0.3, -0.25) is 4.79 Å². The molecule has 1 aliphatic heterocycles. The summed E-state index contributed by atoms with van der Waals surface area (Å²) >= 11 is 0. The van der Waals surface area contributed by atoms with Gasteiger partial charge in [-0.1, -0.05) is 13.8 Å². The lowest BCUT2D eigenvalue weighted by atomic mass is 10.2. The van der Waals surface area contributed by atoms with Crippen LogP contribution in [0.4, 0.5) is 0 Å². The van der Waals surface area contributed by atoms with E-state index in [9.17, 15) is 4.79 Å². The van der Waals surface area contributed by atoms with E-state index in [-0.39, 0.29) is 12.5 Å². The number of carbonyl (C=O) groups is 1. The molecule has 0 unspecified atom stereocenters. The van der Waals surface area contributed by atoms with Crippen LogP contribution in [0, 0.1) is 5.92 Å². The first-order chi connectivity index (χ1) is 6.63. The van der Waals surface area contributed by atoms with Gasteiger partial charge in [0.1, 0.15) is 0 Å². The average molecular weight is 199 g/mol. The highest BCUT2D eigenvalue weighted by Gasteiger charge is 2.24. The summed E-state index contributed by atoms with van der Waals surface area (Å²) in [5.74, 6) is 0.730. The van der Waals surface area contributed by atoms with E-state index in [2.05, 4.69) is 19.2 Å². The van der Waals surface area contributed by atoms with Gasteiger partial charge in [0.25, 0.3) is 0 Å². The second-order valence-corrected chi connectivity index (χ2v) is 4.33. The third-order valence-corrected chi connectivity index (χ3v) is 2.53. The zero-order chi connectivity index (χ0) is 10.6. The van der Waals surface area contributed by atoms with Gasteiger partial charge in [0, 0.05) is 19.1 Å². The maximum Gasteiger partial charge on any atom is 0.236 e. The van der Waals surface area contributed by atoms with Gasteiger partial charge < -0.3 is 16.0 Å². The van der Waals surface area contributed by atoms with E-state index in [0.717, 1.165) is 26.1 Å². The van der Waals surface area contributed by atoms with Crippen molar-refractivity contribution in [3.63, 3.8) is 0 Å². The molecule has 1 heterocycles. The largest absolute Gasteiger partial charge is 0.340 e. The van der Waals surface area contributed by atoms with E-state index in [4.69, 9.17) is 5.73 Å². The quantitative estimate of drug-likeness (QED) is 0.659. The molecule has 0 aromatic rings. The van der Waals surface area contributed by atoms with Crippen LogP contribution in [0.2, 0.25) is 0 Å². The van der Waals surface area contributed by atoms with E-state index < -0.39 is 0 Å². The summed E-state index contributed by atoms with van der Waals surface area (Å²) in [5, 5.41) is 3.46. The minimum atomic E-state index is 0.0684. The fraction of sp³-hybridized carbons (Fsp3) is 0.900. The molecule has 0 aliphatic carbocycles. The van der Waals surface area contributed by atoms with E-state index in [1.165, 1.54) is 0 Å². The van der Waals surface area contributed by atoms with Crippen LogP contribution < -0.4 is 11.1 Å². The van der Waals surface area contributed by atoms with E-state index in [1.807, 2.05) is 4.90 Å². The van der Waals surface area contributed by atoms with Crippen molar-refractivity contribution in [2.75, 3.05) is 26.2 Å². The van der Waals surface area contributed by atoms with Gasteiger partial charge >= 0.3 is 0 Å². The Kier molecular flexibility index (Phi) is 4.35. The molecule has 1 atom stereocenters. The number of likely N-dealkylation sites (tertiary alicyclic amines) is 1. The molecule has 1 amide bonds. The van der Waals surface area contributed by atoms with E-state index in [1.54, 1.807) is 0 Å². The highest BCUT2D eigenvalue weighted by molar-refractivity contribution is 5.78. The average Bonchev–Trinajstić information content (AvgIpc) is 2.62. The Hall–Kier alpha value is -0.610. The van der Waals surface area contributed by atoms with Crippen LogP contribution >= 0.6 is 0 Å². The Balaban J connectivity index is 2.23. The van der Waals surface area contributed by atoms with Gasteiger partial charge in [0.15, 0.2) is 0 Å². The molecule has 1 rings (SSSR count). The maximum absolute atomic E-state index is 11.3. The van der Waals surface area contributed by atoms with E-state index in [0.29, 0.717) is 12.0 Å². The molecule has 1 aliphatic rings. The van der Waals surface area contributed by atoms with Crippen molar-refractivity contribution >= 4 is 5.91 Å². The number of carbonyl (C=O) groups excluding carboxylic acids is 1. The van der Waals surface area contributed by atoms with Gasteiger partial charge in [-0.25, -0.2) is 0 Å². The Morgan fingerprint density at radius 3 is 2.93 bits per heavy atom. The molecule has 1 saturated heterocycles. The maximum atomic E-state index is 11.3. The number of nitrogens with one attached hydrogen (secondary N) is 1. The normalized spacial score (nSPS) is 22.0. The van der Waals surface area contributed by atoms with Crippen molar-refractivity contribution in [3.05, 3.63) is 0 Å². The molecule has 0 radical (unpaired) electrons. The molecule has 4 heteroatoms. The third kappa shape index (κ3) is 3.27. The molecular formula is C10H21N3O. The molecular weight excluding hydrogens is 178 g/mol. The molecule has 1 fully saturated rings. The molecule has 0 saturated carbocycles. The Morgan fingerprint density at radius 1 is 1.64 bits per heavy atom. The van der Waals surface area contributed by atoms with Gasteiger partial charge in [0.05, 0.1) is 6.54 Å². The lowest BCUT2D eigenvalue weighted by molar-refractivity contribution is -0.128. The summed E-state index contributed by atoms with van der Waals surface area (Å²) in [4.78, 5) is 13.1. The highest BCUT2D eigenvalue weighted by Crippen LogP contribution is 2.09. The Labute approximate surface area is 85.8 Å². The number of nitrogens with zero attached hydrogens (tertiary/aromatic N) is 1. The molecule has 14 heavy (non-hydrogen) atoms. The Bertz CT molecular complexity index is 194. The number of rotatable bonds is 4. The first kappa shape index (κ1) is 11.5. The van der Waals surface area contributed by atoms with Crippen molar-refractivity contribution in [1.82, 2.24) is 10.2 Å². The molecule has 4 nitrogen and oxygen atoms in total.